The van der Waals surface area contributed by atoms with Crippen molar-refractivity contribution in [3.8, 4) is 0 Å². The third kappa shape index (κ3) is 2.10. The van der Waals surface area contributed by atoms with Gasteiger partial charge in [0.1, 0.15) is 0 Å². The minimum absolute atomic E-state index is 0.0436. The van der Waals surface area contributed by atoms with Crippen molar-refractivity contribution in [3.05, 3.63) is 51.6 Å². The zero-order chi connectivity index (χ0) is 14.8. The summed E-state index contributed by atoms with van der Waals surface area (Å²) in [4.78, 5) is 5.00. The molecule has 2 aliphatic carbocycles. The Kier molecular flexibility index (Phi) is 2.75. The Labute approximate surface area is 131 Å². The first kappa shape index (κ1) is 13.3. The molecule has 0 amide bonds. The van der Waals surface area contributed by atoms with Gasteiger partial charge in [0, 0.05) is 29.0 Å². The van der Waals surface area contributed by atoms with E-state index < -0.39 is 0 Å². The van der Waals surface area contributed by atoms with Crippen LogP contribution in [0.4, 0.5) is 0 Å². The minimum atomic E-state index is -0.0436. The Bertz CT molecular complexity index is 721. The summed E-state index contributed by atoms with van der Waals surface area (Å²) in [6.45, 7) is 6.67. The highest BCUT2D eigenvalue weighted by atomic mass is 35.5. The van der Waals surface area contributed by atoms with Crippen molar-refractivity contribution in [2.24, 2.45) is 10.9 Å². The summed E-state index contributed by atoms with van der Waals surface area (Å²) in [7, 11) is 0. The largest absolute Gasteiger partial charge is 0.283 e. The van der Waals surface area contributed by atoms with Crippen LogP contribution in [0.2, 0.25) is 5.02 Å². The number of aliphatic imine (C=N–C) groups is 1. The maximum absolute atomic E-state index is 6.14. The number of hydrogen-bond donors (Lipinski definition) is 0. The average Bonchev–Trinajstić information content (AvgIpc) is 2.71. The van der Waals surface area contributed by atoms with E-state index in [2.05, 4.69) is 45.1 Å². The Morgan fingerprint density at radius 1 is 1.24 bits per heavy atom. The molecule has 4 rings (SSSR count). The molecule has 3 aliphatic rings. The van der Waals surface area contributed by atoms with Crippen molar-refractivity contribution < 1.29 is 0 Å². The first-order valence-electron chi connectivity index (χ1n) is 7.71. The molecule has 2 unspecified atom stereocenters. The van der Waals surface area contributed by atoms with E-state index in [1.165, 1.54) is 28.0 Å². The Morgan fingerprint density at radius 2 is 2.05 bits per heavy atom. The van der Waals surface area contributed by atoms with Gasteiger partial charge in [-0.2, -0.15) is 0 Å². The van der Waals surface area contributed by atoms with Gasteiger partial charge in [0.25, 0.3) is 0 Å². The third-order valence-corrected chi connectivity index (χ3v) is 5.27. The summed E-state index contributed by atoms with van der Waals surface area (Å²) in [5, 5.41) is 0.830. The fourth-order valence-corrected chi connectivity index (χ4v) is 4.45. The predicted molar refractivity (Wildman–Crippen MR) is 90.2 cm³/mol. The van der Waals surface area contributed by atoms with Crippen LogP contribution < -0.4 is 0 Å². The first-order chi connectivity index (χ1) is 9.93. The van der Waals surface area contributed by atoms with Crippen molar-refractivity contribution in [1.29, 1.82) is 0 Å². The smallest absolute Gasteiger partial charge is 0.0734 e. The van der Waals surface area contributed by atoms with Gasteiger partial charge in [-0.3, -0.25) is 4.99 Å². The second-order valence-corrected chi connectivity index (χ2v) is 7.59. The molecule has 0 saturated heterocycles. The molecule has 1 aromatic rings. The van der Waals surface area contributed by atoms with Crippen molar-refractivity contribution in [3.63, 3.8) is 0 Å². The lowest BCUT2D eigenvalue weighted by Crippen LogP contribution is -2.33. The molecular formula is C19H20ClN. The maximum Gasteiger partial charge on any atom is 0.0734 e. The minimum Gasteiger partial charge on any atom is -0.283 e. The van der Waals surface area contributed by atoms with Crippen LogP contribution in [-0.4, -0.2) is 11.3 Å². The van der Waals surface area contributed by atoms with Gasteiger partial charge in [0.05, 0.1) is 5.54 Å². The quantitative estimate of drug-likeness (QED) is 0.568. The van der Waals surface area contributed by atoms with E-state index in [1.54, 1.807) is 0 Å². The van der Waals surface area contributed by atoms with Crippen LogP contribution in [-0.2, 0) is 0 Å². The normalized spacial score (nSPS) is 28.9. The molecule has 21 heavy (non-hydrogen) atoms. The summed E-state index contributed by atoms with van der Waals surface area (Å²) >= 11 is 6.14. The molecule has 2 heteroatoms. The van der Waals surface area contributed by atoms with E-state index in [-0.39, 0.29) is 5.54 Å². The van der Waals surface area contributed by atoms with E-state index >= 15 is 0 Å². The molecular weight excluding hydrogens is 278 g/mol. The zero-order valence-electron chi connectivity index (χ0n) is 12.8. The molecule has 1 nitrogen and oxygen atoms in total. The molecule has 1 heterocycles. The van der Waals surface area contributed by atoms with Crippen LogP contribution in [0, 0.1) is 5.92 Å². The summed E-state index contributed by atoms with van der Waals surface area (Å²) in [5.74, 6) is 1.09. The van der Waals surface area contributed by atoms with E-state index in [4.69, 9.17) is 16.6 Å². The SMILES string of the molecule is CC1=CC(C)(C)N=C2CC3=Cc4cc(Cl)ccc4C3CC12. The second-order valence-electron chi connectivity index (χ2n) is 7.16. The van der Waals surface area contributed by atoms with Gasteiger partial charge in [-0.25, -0.2) is 0 Å². The fourth-order valence-electron chi connectivity index (χ4n) is 4.27. The molecule has 0 aromatic heterocycles. The van der Waals surface area contributed by atoms with Gasteiger partial charge >= 0.3 is 0 Å². The second kappa shape index (κ2) is 4.33. The highest BCUT2D eigenvalue weighted by Crippen LogP contribution is 2.49. The molecule has 0 spiro atoms. The number of nitrogens with zero attached hydrogens (tertiary/aromatic N) is 1. The van der Waals surface area contributed by atoms with Gasteiger partial charge in [-0.1, -0.05) is 41.0 Å². The van der Waals surface area contributed by atoms with Gasteiger partial charge in [0.2, 0.25) is 0 Å². The monoisotopic (exact) mass is 297 g/mol. The molecule has 1 fully saturated rings. The number of hydrogen-bond acceptors (Lipinski definition) is 1. The van der Waals surface area contributed by atoms with Crippen molar-refractivity contribution in [2.75, 3.05) is 0 Å². The van der Waals surface area contributed by atoms with Gasteiger partial charge in [-0.15, -0.1) is 0 Å². The Balaban J connectivity index is 1.76. The van der Waals surface area contributed by atoms with Gasteiger partial charge < -0.3 is 0 Å². The van der Waals surface area contributed by atoms with Crippen LogP contribution in [0.1, 0.15) is 50.7 Å². The van der Waals surface area contributed by atoms with Crippen molar-refractivity contribution in [1.82, 2.24) is 0 Å². The van der Waals surface area contributed by atoms with E-state index in [0.717, 1.165) is 17.9 Å². The molecule has 108 valence electrons. The highest BCUT2D eigenvalue weighted by molar-refractivity contribution is 6.30. The summed E-state index contributed by atoms with van der Waals surface area (Å²) in [5.41, 5.74) is 7.10. The molecule has 0 bridgehead atoms. The van der Waals surface area contributed by atoms with Gasteiger partial charge in [0.15, 0.2) is 0 Å². The number of fused-ring (bicyclic) bond motifs is 4. The topological polar surface area (TPSA) is 12.4 Å². The number of halogens is 1. The maximum atomic E-state index is 6.14. The average molecular weight is 298 g/mol. The van der Waals surface area contributed by atoms with Crippen LogP contribution >= 0.6 is 11.6 Å². The summed E-state index contributed by atoms with van der Waals surface area (Å²) < 4.78 is 0. The standard InChI is InChI=1S/C19H20ClN/c1-11-10-19(2,3)21-18-8-13-6-12-7-14(20)4-5-15(12)17(13)9-16(11)18/h4-7,10,16-17H,8-9H2,1-3H3. The van der Waals surface area contributed by atoms with Crippen LogP contribution in [0.3, 0.4) is 0 Å². The molecule has 1 aliphatic heterocycles. The summed E-state index contributed by atoms with van der Waals surface area (Å²) in [6, 6.07) is 6.33. The van der Waals surface area contributed by atoms with Crippen LogP contribution in [0.5, 0.6) is 0 Å². The first-order valence-corrected chi connectivity index (χ1v) is 8.09. The molecule has 2 atom stereocenters. The number of benzene rings is 1. The van der Waals surface area contributed by atoms with E-state index in [1.807, 2.05) is 6.07 Å². The van der Waals surface area contributed by atoms with Crippen molar-refractivity contribution in [2.45, 2.75) is 45.1 Å². The van der Waals surface area contributed by atoms with Crippen LogP contribution in [0.15, 0.2) is 40.4 Å². The lowest BCUT2D eigenvalue weighted by Gasteiger charge is -2.37. The van der Waals surface area contributed by atoms with Crippen molar-refractivity contribution >= 4 is 23.4 Å². The molecule has 1 saturated carbocycles. The van der Waals surface area contributed by atoms with E-state index in [0.29, 0.717) is 11.8 Å². The number of rotatable bonds is 0. The number of dihydropyridines is 1. The van der Waals surface area contributed by atoms with E-state index in [9.17, 15) is 0 Å². The Morgan fingerprint density at radius 3 is 2.86 bits per heavy atom. The highest BCUT2D eigenvalue weighted by Gasteiger charge is 2.38. The predicted octanol–water partition coefficient (Wildman–Crippen LogP) is 5.41. The third-order valence-electron chi connectivity index (χ3n) is 5.03. The fraction of sp³-hybridized carbons (Fsp3) is 0.421. The lowest BCUT2D eigenvalue weighted by molar-refractivity contribution is 0.540. The zero-order valence-corrected chi connectivity index (χ0v) is 13.5. The molecule has 0 N–H and O–H groups in total. The van der Waals surface area contributed by atoms with Crippen LogP contribution in [0.25, 0.3) is 6.08 Å². The molecule has 1 aromatic carbocycles. The summed E-state index contributed by atoms with van der Waals surface area (Å²) in [6.07, 6.45) is 6.87. The Hall–Kier alpha value is -1.34. The number of allylic oxidation sites excluding steroid dienone is 2. The molecule has 0 radical (unpaired) electrons. The lowest BCUT2D eigenvalue weighted by atomic mass is 9.71. The van der Waals surface area contributed by atoms with Gasteiger partial charge in [-0.05, 0) is 50.5 Å².